The Kier molecular flexibility index (Phi) is 6.40. The molecule has 0 spiro atoms. The van der Waals surface area contributed by atoms with Gasteiger partial charge < -0.3 is 4.74 Å². The average molecular weight is 409 g/mol. The number of aromatic nitrogens is 1. The number of benzene rings is 1. The van der Waals surface area contributed by atoms with E-state index in [2.05, 4.69) is 11.9 Å². The molecule has 1 heterocycles. The van der Waals surface area contributed by atoms with Gasteiger partial charge in [0.15, 0.2) is 0 Å². The summed E-state index contributed by atoms with van der Waals surface area (Å²) in [7, 11) is -2.09. The first-order valence-electron chi connectivity index (χ1n) is 9.18. The summed E-state index contributed by atoms with van der Waals surface area (Å²) < 4.78 is 33.6. The molecule has 2 unspecified atom stereocenters. The highest BCUT2D eigenvalue weighted by Gasteiger charge is 2.36. The number of nitrogens with zero attached hydrogens (tertiary/aromatic N) is 2. The molecule has 1 aliphatic rings. The zero-order valence-electron chi connectivity index (χ0n) is 15.6. The fourth-order valence-electron chi connectivity index (χ4n) is 3.65. The lowest BCUT2D eigenvalue weighted by molar-refractivity contribution is 0.185. The summed E-state index contributed by atoms with van der Waals surface area (Å²) >= 11 is 5.94. The fraction of sp³-hybridized carbons (Fsp3) is 0.450. The standard InChI is InChI=1S/C20H25ClN2O3S/c1-15-5-3-4-6-19(15)23(14-16-7-12-20(26-2)22-13-16)27(24,25)18-10-8-17(21)9-11-18/h7-13,15,19H,3-6,14H2,1-2H3. The molecular formula is C20H25ClN2O3S. The van der Waals surface area contributed by atoms with Crippen LogP contribution >= 0.6 is 11.6 Å². The van der Waals surface area contributed by atoms with E-state index in [1.807, 2.05) is 6.07 Å². The van der Waals surface area contributed by atoms with Crippen molar-refractivity contribution < 1.29 is 13.2 Å². The van der Waals surface area contributed by atoms with E-state index in [4.69, 9.17) is 16.3 Å². The number of hydrogen-bond acceptors (Lipinski definition) is 4. The third-order valence-electron chi connectivity index (χ3n) is 5.20. The van der Waals surface area contributed by atoms with Gasteiger partial charge in [-0.2, -0.15) is 4.31 Å². The number of methoxy groups -OCH3 is 1. The lowest BCUT2D eigenvalue weighted by Crippen LogP contribution is -2.44. The molecule has 1 fully saturated rings. The van der Waals surface area contributed by atoms with Gasteiger partial charge in [0, 0.05) is 29.9 Å². The van der Waals surface area contributed by atoms with Crippen LogP contribution in [0.25, 0.3) is 0 Å². The second kappa shape index (κ2) is 8.59. The van der Waals surface area contributed by atoms with Crippen LogP contribution in [0.2, 0.25) is 5.02 Å². The predicted molar refractivity (Wildman–Crippen MR) is 106 cm³/mol. The number of sulfonamides is 1. The summed E-state index contributed by atoms with van der Waals surface area (Å²) in [6.07, 6.45) is 5.78. The minimum Gasteiger partial charge on any atom is -0.481 e. The molecule has 0 amide bonds. The van der Waals surface area contributed by atoms with Crippen molar-refractivity contribution in [1.29, 1.82) is 0 Å². The highest BCUT2D eigenvalue weighted by Crippen LogP contribution is 2.33. The normalized spacial score (nSPS) is 20.6. The molecule has 1 aromatic carbocycles. The van der Waals surface area contributed by atoms with Crippen LogP contribution in [0, 0.1) is 5.92 Å². The van der Waals surface area contributed by atoms with Gasteiger partial charge >= 0.3 is 0 Å². The number of pyridine rings is 1. The van der Waals surface area contributed by atoms with Gasteiger partial charge in [-0.15, -0.1) is 0 Å². The van der Waals surface area contributed by atoms with Crippen molar-refractivity contribution in [2.45, 2.75) is 50.1 Å². The van der Waals surface area contributed by atoms with Crippen LogP contribution in [-0.2, 0) is 16.6 Å². The molecule has 1 saturated carbocycles. The van der Waals surface area contributed by atoms with Crippen molar-refractivity contribution >= 4 is 21.6 Å². The Morgan fingerprint density at radius 1 is 1.15 bits per heavy atom. The molecule has 5 nitrogen and oxygen atoms in total. The minimum absolute atomic E-state index is 0.0264. The number of ether oxygens (including phenoxy) is 1. The summed E-state index contributed by atoms with van der Waals surface area (Å²) in [5, 5.41) is 0.519. The Hall–Kier alpha value is -1.63. The molecule has 0 aliphatic heterocycles. The molecule has 0 N–H and O–H groups in total. The van der Waals surface area contributed by atoms with Crippen LogP contribution in [0.15, 0.2) is 47.5 Å². The molecule has 7 heteroatoms. The van der Waals surface area contributed by atoms with Crippen molar-refractivity contribution in [3.63, 3.8) is 0 Å². The van der Waals surface area contributed by atoms with E-state index in [1.165, 1.54) is 0 Å². The van der Waals surface area contributed by atoms with Gasteiger partial charge in [0.25, 0.3) is 0 Å². The molecule has 27 heavy (non-hydrogen) atoms. The van der Waals surface area contributed by atoms with Gasteiger partial charge in [0.2, 0.25) is 15.9 Å². The zero-order chi connectivity index (χ0) is 19.4. The van der Waals surface area contributed by atoms with Crippen molar-refractivity contribution in [2.24, 2.45) is 5.92 Å². The molecular weight excluding hydrogens is 384 g/mol. The Bertz CT molecular complexity index is 854. The van der Waals surface area contributed by atoms with Crippen molar-refractivity contribution in [2.75, 3.05) is 7.11 Å². The molecule has 0 radical (unpaired) electrons. The topological polar surface area (TPSA) is 59.5 Å². The maximum atomic E-state index is 13.5. The summed E-state index contributed by atoms with van der Waals surface area (Å²) in [5.74, 6) is 0.823. The summed E-state index contributed by atoms with van der Waals surface area (Å²) in [6.45, 7) is 2.43. The molecule has 1 aromatic heterocycles. The quantitative estimate of drug-likeness (QED) is 0.705. The number of hydrogen-bond donors (Lipinski definition) is 0. The summed E-state index contributed by atoms with van der Waals surface area (Å²) in [6, 6.07) is 9.98. The Labute approximate surface area is 166 Å². The second-order valence-corrected chi connectivity index (χ2v) is 9.37. The van der Waals surface area contributed by atoms with Gasteiger partial charge in [0.05, 0.1) is 12.0 Å². The number of rotatable bonds is 6. The van der Waals surface area contributed by atoms with E-state index in [1.54, 1.807) is 47.9 Å². The van der Waals surface area contributed by atoms with E-state index in [0.717, 1.165) is 31.2 Å². The van der Waals surface area contributed by atoms with Crippen LogP contribution in [0.4, 0.5) is 0 Å². The van der Waals surface area contributed by atoms with E-state index in [9.17, 15) is 8.42 Å². The first-order valence-corrected chi connectivity index (χ1v) is 11.0. The molecule has 2 atom stereocenters. The van der Waals surface area contributed by atoms with Gasteiger partial charge in [-0.1, -0.05) is 37.4 Å². The third kappa shape index (κ3) is 4.62. The smallest absolute Gasteiger partial charge is 0.243 e. The first kappa shape index (κ1) is 20.1. The average Bonchev–Trinajstić information content (AvgIpc) is 2.67. The van der Waals surface area contributed by atoms with Crippen molar-refractivity contribution in [3.8, 4) is 5.88 Å². The summed E-state index contributed by atoms with van der Waals surface area (Å²) in [5.41, 5.74) is 0.839. The van der Waals surface area contributed by atoms with E-state index >= 15 is 0 Å². The number of halogens is 1. The SMILES string of the molecule is COc1ccc(CN(C2CCCCC2C)S(=O)(=O)c2ccc(Cl)cc2)cn1. The third-order valence-corrected chi connectivity index (χ3v) is 7.34. The van der Waals surface area contributed by atoms with Crippen LogP contribution in [0.5, 0.6) is 5.88 Å². The molecule has 146 valence electrons. The van der Waals surface area contributed by atoms with E-state index in [0.29, 0.717) is 16.8 Å². The zero-order valence-corrected chi connectivity index (χ0v) is 17.2. The highest BCUT2D eigenvalue weighted by molar-refractivity contribution is 7.89. The molecule has 0 bridgehead atoms. The highest BCUT2D eigenvalue weighted by atomic mass is 35.5. The molecule has 3 rings (SSSR count). The van der Waals surface area contributed by atoms with Gasteiger partial charge in [-0.3, -0.25) is 0 Å². The van der Waals surface area contributed by atoms with Crippen LogP contribution < -0.4 is 4.74 Å². The maximum Gasteiger partial charge on any atom is 0.243 e. The summed E-state index contributed by atoms with van der Waals surface area (Å²) in [4.78, 5) is 4.49. The second-order valence-electron chi connectivity index (χ2n) is 7.04. The Morgan fingerprint density at radius 3 is 2.44 bits per heavy atom. The van der Waals surface area contributed by atoms with Crippen LogP contribution in [0.3, 0.4) is 0 Å². The fourth-order valence-corrected chi connectivity index (χ4v) is 5.52. The largest absolute Gasteiger partial charge is 0.481 e. The lowest BCUT2D eigenvalue weighted by Gasteiger charge is -2.37. The van der Waals surface area contributed by atoms with Gasteiger partial charge in [0.1, 0.15) is 0 Å². The maximum absolute atomic E-state index is 13.5. The predicted octanol–water partition coefficient (Wildman–Crippen LogP) is 4.51. The van der Waals surface area contributed by atoms with Crippen LogP contribution in [0.1, 0.15) is 38.2 Å². The molecule has 2 aromatic rings. The Balaban J connectivity index is 1.96. The van der Waals surface area contributed by atoms with E-state index in [-0.39, 0.29) is 17.5 Å². The van der Waals surface area contributed by atoms with Gasteiger partial charge in [-0.05, 0) is 48.6 Å². The van der Waals surface area contributed by atoms with Crippen LogP contribution in [-0.4, -0.2) is 30.9 Å². The lowest BCUT2D eigenvalue weighted by atomic mass is 9.86. The molecule has 1 aliphatic carbocycles. The van der Waals surface area contributed by atoms with E-state index < -0.39 is 10.0 Å². The first-order chi connectivity index (χ1) is 12.9. The van der Waals surface area contributed by atoms with Crippen molar-refractivity contribution in [3.05, 3.63) is 53.2 Å². The monoisotopic (exact) mass is 408 g/mol. The Morgan fingerprint density at radius 2 is 1.85 bits per heavy atom. The van der Waals surface area contributed by atoms with Gasteiger partial charge in [-0.25, -0.2) is 13.4 Å². The minimum atomic E-state index is -3.65. The van der Waals surface area contributed by atoms with Crippen molar-refractivity contribution in [1.82, 2.24) is 9.29 Å². The molecule has 0 saturated heterocycles.